The molecule has 10 heteroatoms. The van der Waals surface area contributed by atoms with Crippen LogP contribution in [0.1, 0.15) is 20.8 Å². The van der Waals surface area contributed by atoms with Crippen molar-refractivity contribution in [2.24, 2.45) is 0 Å². The Hall–Kier alpha value is -4.02. The molecule has 0 atom stereocenters. The van der Waals surface area contributed by atoms with Crippen molar-refractivity contribution in [2.45, 2.75) is 0 Å². The van der Waals surface area contributed by atoms with Gasteiger partial charge in [0.2, 0.25) is 0 Å². The molecule has 4 rings (SSSR count). The Bertz CT molecular complexity index is 1370. The van der Waals surface area contributed by atoms with Crippen molar-refractivity contribution < 1.29 is 28.9 Å². The van der Waals surface area contributed by atoms with E-state index in [0.717, 1.165) is 15.6 Å². The van der Waals surface area contributed by atoms with Gasteiger partial charge in [-0.15, -0.1) is 11.3 Å². The normalized spacial score (nSPS) is 10.7. The molecule has 1 amide bonds. The van der Waals surface area contributed by atoms with E-state index in [4.69, 9.17) is 19.3 Å². The van der Waals surface area contributed by atoms with Crippen LogP contribution in [0.3, 0.4) is 0 Å². The first-order valence-electron chi connectivity index (χ1n) is 10.7. The molecule has 0 aliphatic carbocycles. The number of amides is 1. The van der Waals surface area contributed by atoms with E-state index < -0.39 is 5.91 Å². The van der Waals surface area contributed by atoms with Crippen LogP contribution in [0.5, 0.6) is 17.2 Å². The number of nitrogens with zero attached hydrogens (tertiary/aromatic N) is 2. The van der Waals surface area contributed by atoms with Gasteiger partial charge in [-0.05, 0) is 36.4 Å². The van der Waals surface area contributed by atoms with Crippen molar-refractivity contribution in [3.63, 3.8) is 0 Å². The Kier molecular flexibility index (Phi) is 7.54. The Labute approximate surface area is 205 Å². The lowest BCUT2D eigenvalue weighted by Crippen LogP contribution is -2.30. The summed E-state index contributed by atoms with van der Waals surface area (Å²) < 4.78 is 17.1. The molecule has 0 aliphatic heterocycles. The molecule has 0 bridgehead atoms. The first-order valence-corrected chi connectivity index (χ1v) is 11.5. The van der Waals surface area contributed by atoms with Gasteiger partial charge in [0, 0.05) is 39.0 Å². The predicted molar refractivity (Wildman–Crippen MR) is 132 cm³/mol. The fourth-order valence-electron chi connectivity index (χ4n) is 3.45. The van der Waals surface area contributed by atoms with Crippen molar-refractivity contribution in [3.8, 4) is 28.5 Å². The molecular formula is C25H23N3O6S. The fraction of sp³-hybridized carbons (Fsp3) is 0.200. The molecule has 4 aromatic rings. The number of carbonyl (C=O) groups is 2. The SMILES string of the molecule is COc1cc(C(=O)NCC(=O)c2ccc(OC)c(-c3csc4ccncc34)n2)ccc1OCCO. The summed E-state index contributed by atoms with van der Waals surface area (Å²) in [4.78, 5) is 34.2. The van der Waals surface area contributed by atoms with E-state index in [-0.39, 0.29) is 31.2 Å². The minimum absolute atomic E-state index is 0.102. The summed E-state index contributed by atoms with van der Waals surface area (Å²) in [7, 11) is 3.00. The van der Waals surface area contributed by atoms with Crippen LogP contribution in [0, 0.1) is 0 Å². The van der Waals surface area contributed by atoms with Crippen LogP contribution < -0.4 is 19.5 Å². The minimum Gasteiger partial charge on any atom is -0.494 e. The zero-order chi connectivity index (χ0) is 24.8. The van der Waals surface area contributed by atoms with E-state index >= 15 is 0 Å². The molecule has 1 aromatic carbocycles. The Morgan fingerprint density at radius 2 is 1.86 bits per heavy atom. The molecule has 0 aliphatic rings. The van der Waals surface area contributed by atoms with E-state index in [9.17, 15) is 9.59 Å². The second kappa shape index (κ2) is 10.9. The minimum atomic E-state index is -0.450. The van der Waals surface area contributed by atoms with E-state index in [2.05, 4.69) is 15.3 Å². The lowest BCUT2D eigenvalue weighted by Gasteiger charge is -2.12. The van der Waals surface area contributed by atoms with Crippen molar-refractivity contribution in [1.29, 1.82) is 0 Å². The number of methoxy groups -OCH3 is 2. The van der Waals surface area contributed by atoms with Crippen molar-refractivity contribution in [3.05, 3.63) is 65.4 Å². The highest BCUT2D eigenvalue weighted by molar-refractivity contribution is 7.17. The van der Waals surface area contributed by atoms with E-state index in [0.29, 0.717) is 28.5 Å². The summed E-state index contributed by atoms with van der Waals surface area (Å²) in [6, 6.07) is 9.80. The number of nitrogens with one attached hydrogen (secondary N) is 1. The lowest BCUT2D eigenvalue weighted by atomic mass is 10.1. The molecule has 3 heterocycles. The van der Waals surface area contributed by atoms with Gasteiger partial charge in [-0.3, -0.25) is 14.6 Å². The molecule has 0 radical (unpaired) electrons. The Balaban J connectivity index is 1.51. The van der Waals surface area contributed by atoms with E-state index in [1.165, 1.54) is 13.2 Å². The first kappa shape index (κ1) is 24.1. The summed E-state index contributed by atoms with van der Waals surface area (Å²) in [6.07, 6.45) is 3.48. The number of hydrogen-bond donors (Lipinski definition) is 2. The number of aliphatic hydroxyl groups is 1. The van der Waals surface area contributed by atoms with Crippen LogP contribution >= 0.6 is 11.3 Å². The first-order chi connectivity index (χ1) is 17.0. The second-order valence-corrected chi connectivity index (χ2v) is 8.22. The fourth-order valence-corrected chi connectivity index (χ4v) is 4.36. The zero-order valence-electron chi connectivity index (χ0n) is 19.1. The van der Waals surface area contributed by atoms with Gasteiger partial charge in [-0.25, -0.2) is 4.98 Å². The molecule has 9 nitrogen and oxygen atoms in total. The Morgan fingerprint density at radius 3 is 2.63 bits per heavy atom. The number of aliphatic hydroxyl groups excluding tert-OH is 1. The van der Waals surface area contributed by atoms with Gasteiger partial charge in [0.05, 0.1) is 27.4 Å². The number of thiophene rings is 1. The number of pyridine rings is 2. The monoisotopic (exact) mass is 493 g/mol. The third-order valence-corrected chi connectivity index (χ3v) is 6.14. The number of ketones is 1. The maximum atomic E-state index is 12.9. The van der Waals surface area contributed by atoms with Gasteiger partial charge in [0.25, 0.3) is 5.91 Å². The van der Waals surface area contributed by atoms with Crippen LogP contribution in [0.15, 0.2) is 54.2 Å². The maximum absolute atomic E-state index is 12.9. The molecule has 0 saturated heterocycles. The highest BCUT2D eigenvalue weighted by atomic mass is 32.1. The predicted octanol–water partition coefficient (Wildman–Crippen LogP) is 3.36. The summed E-state index contributed by atoms with van der Waals surface area (Å²) in [5, 5.41) is 14.4. The second-order valence-electron chi connectivity index (χ2n) is 7.31. The highest BCUT2D eigenvalue weighted by Gasteiger charge is 2.18. The summed E-state index contributed by atoms with van der Waals surface area (Å²) >= 11 is 1.55. The summed E-state index contributed by atoms with van der Waals surface area (Å²) in [6.45, 7) is -0.284. The molecule has 0 unspecified atom stereocenters. The molecule has 35 heavy (non-hydrogen) atoms. The number of Topliss-reactive ketones (excluding diaryl/α,β-unsaturated/α-hetero) is 1. The van der Waals surface area contributed by atoms with Crippen molar-refractivity contribution in [1.82, 2.24) is 15.3 Å². The molecule has 0 fully saturated rings. The highest BCUT2D eigenvalue weighted by Crippen LogP contribution is 2.37. The molecule has 0 saturated carbocycles. The number of benzene rings is 1. The van der Waals surface area contributed by atoms with Gasteiger partial charge in [0.15, 0.2) is 17.3 Å². The lowest BCUT2D eigenvalue weighted by molar-refractivity contribution is 0.0902. The maximum Gasteiger partial charge on any atom is 0.251 e. The van der Waals surface area contributed by atoms with Gasteiger partial charge in [0.1, 0.15) is 23.7 Å². The topological polar surface area (TPSA) is 120 Å². The smallest absolute Gasteiger partial charge is 0.251 e. The average Bonchev–Trinajstić information content (AvgIpc) is 3.33. The van der Waals surface area contributed by atoms with Crippen molar-refractivity contribution in [2.75, 3.05) is 34.0 Å². The van der Waals surface area contributed by atoms with Crippen LogP contribution in [0.25, 0.3) is 21.3 Å². The average molecular weight is 494 g/mol. The number of ether oxygens (including phenoxy) is 3. The summed E-state index contributed by atoms with van der Waals surface area (Å²) in [5.41, 5.74) is 1.86. The molecule has 0 spiro atoms. The van der Waals surface area contributed by atoms with Crippen LogP contribution in [0.4, 0.5) is 0 Å². The Morgan fingerprint density at radius 1 is 1.06 bits per heavy atom. The van der Waals surface area contributed by atoms with Gasteiger partial charge >= 0.3 is 0 Å². The third-order valence-electron chi connectivity index (χ3n) is 5.18. The van der Waals surface area contributed by atoms with Gasteiger partial charge in [-0.2, -0.15) is 0 Å². The van der Waals surface area contributed by atoms with Gasteiger partial charge in [-0.1, -0.05) is 0 Å². The molecule has 3 aromatic heterocycles. The number of aromatic nitrogens is 2. The van der Waals surface area contributed by atoms with Crippen molar-refractivity contribution >= 4 is 33.1 Å². The van der Waals surface area contributed by atoms with E-state index in [1.807, 2.05) is 11.4 Å². The largest absolute Gasteiger partial charge is 0.494 e. The number of fused-ring (bicyclic) bond motifs is 1. The molecule has 2 N–H and O–H groups in total. The zero-order valence-corrected chi connectivity index (χ0v) is 19.9. The number of rotatable bonds is 10. The summed E-state index contributed by atoms with van der Waals surface area (Å²) in [5.74, 6) is 0.477. The third kappa shape index (κ3) is 5.23. The quantitative estimate of drug-likeness (QED) is 0.323. The molecular weight excluding hydrogens is 470 g/mol. The molecule has 180 valence electrons. The van der Waals surface area contributed by atoms with Crippen LogP contribution in [0.2, 0.25) is 0 Å². The standard InChI is InChI=1S/C25H23N3O6S/c1-32-21-6-4-18(28-24(21)17-14-35-23-7-8-26-12-16(17)23)19(30)13-27-25(31)15-3-5-20(34-10-9-29)22(11-15)33-2/h3-8,11-12,14,29H,9-10,13H2,1-2H3,(H,27,31). The van der Waals surface area contributed by atoms with Crippen LogP contribution in [-0.4, -0.2) is 60.7 Å². The van der Waals surface area contributed by atoms with E-state index in [1.54, 1.807) is 55.1 Å². The van der Waals surface area contributed by atoms with Crippen LogP contribution in [-0.2, 0) is 0 Å². The number of carbonyl (C=O) groups excluding carboxylic acids is 2. The number of hydrogen-bond acceptors (Lipinski definition) is 9. The van der Waals surface area contributed by atoms with Gasteiger partial charge < -0.3 is 24.6 Å².